The van der Waals surface area contributed by atoms with Crippen LogP contribution < -0.4 is 10.6 Å². The van der Waals surface area contributed by atoms with Gasteiger partial charge in [-0.1, -0.05) is 38.1 Å². The van der Waals surface area contributed by atoms with Crippen molar-refractivity contribution in [2.24, 2.45) is 10.9 Å². The average molecular weight is 273 g/mol. The summed E-state index contributed by atoms with van der Waals surface area (Å²) < 4.78 is 0. The minimum atomic E-state index is 0.428. The number of nitrogens with zero attached hydrogens (tertiary/aromatic N) is 1. The Balaban J connectivity index is 1.91. The van der Waals surface area contributed by atoms with E-state index in [1.54, 1.807) is 0 Å². The number of benzene rings is 1. The first-order valence-electron chi connectivity index (χ1n) is 7.58. The van der Waals surface area contributed by atoms with Crippen LogP contribution in [-0.2, 0) is 0 Å². The number of hydrogen-bond donors (Lipinski definition) is 2. The molecule has 0 radical (unpaired) electrons. The number of nitrogens with one attached hydrogen (secondary N) is 2. The lowest BCUT2D eigenvalue weighted by Gasteiger charge is -2.21. The Kier molecular flexibility index (Phi) is 4.69. The van der Waals surface area contributed by atoms with Crippen molar-refractivity contribution >= 4 is 5.96 Å². The summed E-state index contributed by atoms with van der Waals surface area (Å²) in [4.78, 5) is 4.34. The molecule has 110 valence electrons. The molecule has 0 saturated heterocycles. The zero-order chi connectivity index (χ0) is 14.7. The first-order chi connectivity index (χ1) is 9.52. The van der Waals surface area contributed by atoms with Crippen LogP contribution in [0.2, 0.25) is 0 Å². The Morgan fingerprint density at radius 3 is 2.55 bits per heavy atom. The minimum absolute atomic E-state index is 0.428. The van der Waals surface area contributed by atoms with Gasteiger partial charge in [-0.3, -0.25) is 4.99 Å². The molecule has 0 aliphatic heterocycles. The van der Waals surface area contributed by atoms with Crippen molar-refractivity contribution in [1.29, 1.82) is 0 Å². The van der Waals surface area contributed by atoms with E-state index in [0.29, 0.717) is 23.9 Å². The van der Waals surface area contributed by atoms with E-state index >= 15 is 0 Å². The SMILES string of the molecule is CN=C(NC(C)C(C)C)NC1CC1c1ccccc1C. The molecule has 1 aliphatic carbocycles. The molecule has 0 aromatic heterocycles. The second kappa shape index (κ2) is 6.29. The van der Waals surface area contributed by atoms with E-state index in [-0.39, 0.29) is 0 Å². The van der Waals surface area contributed by atoms with Crippen molar-refractivity contribution in [3.05, 3.63) is 35.4 Å². The van der Waals surface area contributed by atoms with Gasteiger partial charge in [0.25, 0.3) is 0 Å². The molecule has 1 aliphatic rings. The molecule has 3 heteroatoms. The molecule has 0 bridgehead atoms. The Morgan fingerprint density at radius 2 is 1.95 bits per heavy atom. The summed E-state index contributed by atoms with van der Waals surface area (Å²) in [7, 11) is 1.84. The number of rotatable bonds is 4. The zero-order valence-electron chi connectivity index (χ0n) is 13.3. The van der Waals surface area contributed by atoms with E-state index in [9.17, 15) is 0 Å². The number of guanidine groups is 1. The van der Waals surface area contributed by atoms with Gasteiger partial charge in [0, 0.05) is 25.0 Å². The van der Waals surface area contributed by atoms with E-state index < -0.39 is 0 Å². The van der Waals surface area contributed by atoms with Crippen LogP contribution in [0.15, 0.2) is 29.3 Å². The molecular weight excluding hydrogens is 246 g/mol. The lowest BCUT2D eigenvalue weighted by molar-refractivity contribution is 0.480. The van der Waals surface area contributed by atoms with Crippen LogP contribution >= 0.6 is 0 Å². The Labute approximate surface area is 122 Å². The summed E-state index contributed by atoms with van der Waals surface area (Å²) in [6, 6.07) is 9.62. The summed E-state index contributed by atoms with van der Waals surface area (Å²) in [6.45, 7) is 8.83. The molecular formula is C17H27N3. The summed E-state index contributed by atoms with van der Waals surface area (Å²) in [5.41, 5.74) is 2.86. The normalized spacial score (nSPS) is 23.6. The number of aryl methyl sites for hydroxylation is 1. The molecule has 1 aromatic carbocycles. The maximum Gasteiger partial charge on any atom is 0.191 e. The summed E-state index contributed by atoms with van der Waals surface area (Å²) >= 11 is 0. The molecule has 3 unspecified atom stereocenters. The van der Waals surface area contributed by atoms with E-state index in [1.807, 2.05) is 7.05 Å². The molecule has 0 amide bonds. The maximum absolute atomic E-state index is 4.34. The van der Waals surface area contributed by atoms with Gasteiger partial charge in [0.05, 0.1) is 0 Å². The monoisotopic (exact) mass is 273 g/mol. The molecule has 0 spiro atoms. The van der Waals surface area contributed by atoms with Crippen LogP contribution in [0.5, 0.6) is 0 Å². The van der Waals surface area contributed by atoms with Gasteiger partial charge in [0.2, 0.25) is 0 Å². The van der Waals surface area contributed by atoms with Crippen molar-refractivity contribution in [1.82, 2.24) is 10.6 Å². The van der Waals surface area contributed by atoms with Gasteiger partial charge in [-0.05, 0) is 37.3 Å². The molecule has 1 aromatic rings. The van der Waals surface area contributed by atoms with E-state index in [4.69, 9.17) is 0 Å². The molecule has 2 rings (SSSR count). The van der Waals surface area contributed by atoms with E-state index in [1.165, 1.54) is 17.5 Å². The number of aliphatic imine (C=N–C) groups is 1. The lowest BCUT2D eigenvalue weighted by atomic mass is 10.0. The van der Waals surface area contributed by atoms with Crippen molar-refractivity contribution in [3.63, 3.8) is 0 Å². The molecule has 0 heterocycles. The predicted octanol–water partition coefficient (Wildman–Crippen LogP) is 3.06. The standard InChI is InChI=1S/C17H27N3/c1-11(2)13(4)19-17(18-5)20-16-10-15(16)14-9-7-6-8-12(14)3/h6-9,11,13,15-16H,10H2,1-5H3,(H2,18,19,20). The fourth-order valence-electron chi connectivity index (χ4n) is 2.43. The van der Waals surface area contributed by atoms with Crippen LogP contribution in [0.4, 0.5) is 0 Å². The highest BCUT2D eigenvalue weighted by atomic mass is 15.2. The summed E-state index contributed by atoms with van der Waals surface area (Å²) in [5.74, 6) is 2.15. The number of hydrogen-bond acceptors (Lipinski definition) is 1. The van der Waals surface area contributed by atoms with Gasteiger partial charge < -0.3 is 10.6 Å². The van der Waals surface area contributed by atoms with Crippen LogP contribution in [-0.4, -0.2) is 25.1 Å². The van der Waals surface area contributed by atoms with Crippen molar-refractivity contribution in [2.75, 3.05) is 7.05 Å². The molecule has 2 N–H and O–H groups in total. The van der Waals surface area contributed by atoms with Crippen molar-refractivity contribution < 1.29 is 0 Å². The minimum Gasteiger partial charge on any atom is -0.354 e. The lowest BCUT2D eigenvalue weighted by Crippen LogP contribution is -2.45. The highest BCUT2D eigenvalue weighted by Crippen LogP contribution is 2.41. The summed E-state index contributed by atoms with van der Waals surface area (Å²) in [6.07, 6.45) is 1.20. The Bertz CT molecular complexity index is 479. The van der Waals surface area contributed by atoms with Crippen LogP contribution in [0.1, 0.15) is 44.2 Å². The maximum atomic E-state index is 4.34. The fourth-order valence-corrected chi connectivity index (χ4v) is 2.43. The van der Waals surface area contributed by atoms with E-state index in [0.717, 1.165) is 5.96 Å². The van der Waals surface area contributed by atoms with Gasteiger partial charge in [-0.15, -0.1) is 0 Å². The first kappa shape index (κ1) is 14.9. The van der Waals surface area contributed by atoms with Gasteiger partial charge in [-0.2, -0.15) is 0 Å². The average Bonchev–Trinajstić information content (AvgIpc) is 3.17. The quantitative estimate of drug-likeness (QED) is 0.653. The second-order valence-corrected chi connectivity index (χ2v) is 6.20. The third kappa shape index (κ3) is 3.53. The van der Waals surface area contributed by atoms with Gasteiger partial charge in [0.1, 0.15) is 0 Å². The van der Waals surface area contributed by atoms with Gasteiger partial charge in [-0.25, -0.2) is 0 Å². The van der Waals surface area contributed by atoms with Crippen LogP contribution in [0, 0.1) is 12.8 Å². The second-order valence-electron chi connectivity index (χ2n) is 6.20. The van der Waals surface area contributed by atoms with Gasteiger partial charge in [0.15, 0.2) is 5.96 Å². The molecule has 3 atom stereocenters. The fraction of sp³-hybridized carbons (Fsp3) is 0.588. The van der Waals surface area contributed by atoms with Crippen LogP contribution in [0.3, 0.4) is 0 Å². The van der Waals surface area contributed by atoms with E-state index in [2.05, 4.69) is 67.6 Å². The molecule has 1 fully saturated rings. The smallest absolute Gasteiger partial charge is 0.191 e. The largest absolute Gasteiger partial charge is 0.354 e. The highest BCUT2D eigenvalue weighted by molar-refractivity contribution is 5.80. The third-order valence-corrected chi connectivity index (χ3v) is 4.29. The van der Waals surface area contributed by atoms with Gasteiger partial charge >= 0.3 is 0 Å². The van der Waals surface area contributed by atoms with Crippen LogP contribution in [0.25, 0.3) is 0 Å². The predicted molar refractivity (Wildman–Crippen MR) is 86.3 cm³/mol. The van der Waals surface area contributed by atoms with Crippen molar-refractivity contribution in [2.45, 2.75) is 52.1 Å². The zero-order valence-corrected chi connectivity index (χ0v) is 13.3. The third-order valence-electron chi connectivity index (χ3n) is 4.29. The molecule has 1 saturated carbocycles. The molecule has 3 nitrogen and oxygen atoms in total. The highest BCUT2D eigenvalue weighted by Gasteiger charge is 2.39. The first-order valence-corrected chi connectivity index (χ1v) is 7.58. The Morgan fingerprint density at radius 1 is 1.25 bits per heavy atom. The summed E-state index contributed by atoms with van der Waals surface area (Å²) in [5, 5.41) is 7.00. The Hall–Kier alpha value is -1.51. The van der Waals surface area contributed by atoms with Crippen molar-refractivity contribution in [3.8, 4) is 0 Å². The topological polar surface area (TPSA) is 36.4 Å². The molecule has 20 heavy (non-hydrogen) atoms.